The number of carbonyl (C=O) groups excluding carboxylic acids is 1. The number of nitrogens with one attached hydrogen (secondary N) is 2. The van der Waals surface area contributed by atoms with Gasteiger partial charge in [0.15, 0.2) is 0 Å². The Morgan fingerprint density at radius 2 is 2.00 bits per heavy atom. The Morgan fingerprint density at radius 1 is 1.38 bits per heavy atom. The highest BCUT2D eigenvalue weighted by Gasteiger charge is 2.21. The Kier molecular flexibility index (Phi) is 5.48. The van der Waals surface area contributed by atoms with E-state index in [2.05, 4.69) is 10.6 Å². The van der Waals surface area contributed by atoms with Crippen LogP contribution < -0.4 is 10.6 Å². The van der Waals surface area contributed by atoms with Gasteiger partial charge in [-0.1, -0.05) is 11.6 Å². The van der Waals surface area contributed by atoms with Crippen LogP contribution in [0.1, 0.15) is 13.8 Å². The van der Waals surface area contributed by atoms with Crippen molar-refractivity contribution in [1.82, 2.24) is 5.32 Å². The minimum absolute atomic E-state index is 0.0428. The van der Waals surface area contributed by atoms with E-state index in [4.69, 9.17) is 16.7 Å². The van der Waals surface area contributed by atoms with Crippen LogP contribution in [0.15, 0.2) is 18.2 Å². The minimum atomic E-state index is -1.04. The number of nitrogens with zero attached hydrogens (tertiary/aromatic N) is 1. The standard InChI is InChI=1S/C12H14ClN3O5/c1-6(11(17)18)7(2)14-12(19)15-8-3-4-9(13)10(5-8)16(20)21/h3-7H,1-2H3,(H,17,18)(H2,14,15,19). The minimum Gasteiger partial charge on any atom is -0.481 e. The number of nitro groups is 1. The number of hydrogen-bond acceptors (Lipinski definition) is 4. The monoisotopic (exact) mass is 315 g/mol. The molecule has 1 aromatic carbocycles. The Bertz CT molecular complexity index is 578. The van der Waals surface area contributed by atoms with Gasteiger partial charge >= 0.3 is 12.0 Å². The molecule has 0 heterocycles. The lowest BCUT2D eigenvalue weighted by atomic mass is 10.0. The van der Waals surface area contributed by atoms with Crippen molar-refractivity contribution >= 4 is 35.0 Å². The lowest BCUT2D eigenvalue weighted by Crippen LogP contribution is -2.42. The van der Waals surface area contributed by atoms with Crippen molar-refractivity contribution in [3.8, 4) is 0 Å². The van der Waals surface area contributed by atoms with Crippen LogP contribution in [-0.2, 0) is 4.79 Å². The SMILES string of the molecule is CC(NC(=O)Nc1ccc(Cl)c([N+](=O)[O-])c1)C(C)C(=O)O. The Hall–Kier alpha value is -2.35. The molecule has 2 amide bonds. The number of aliphatic carboxylic acids is 1. The molecule has 3 N–H and O–H groups in total. The summed E-state index contributed by atoms with van der Waals surface area (Å²) >= 11 is 5.65. The molecule has 0 bridgehead atoms. The molecule has 2 atom stereocenters. The van der Waals surface area contributed by atoms with Gasteiger partial charge in [-0.15, -0.1) is 0 Å². The van der Waals surface area contributed by atoms with Crippen molar-refractivity contribution in [3.05, 3.63) is 33.3 Å². The van der Waals surface area contributed by atoms with Gasteiger partial charge < -0.3 is 15.7 Å². The summed E-state index contributed by atoms with van der Waals surface area (Å²) in [5.74, 6) is -1.81. The van der Waals surface area contributed by atoms with Crippen molar-refractivity contribution in [3.63, 3.8) is 0 Å². The van der Waals surface area contributed by atoms with Gasteiger partial charge in [0.25, 0.3) is 5.69 Å². The van der Waals surface area contributed by atoms with Crippen LogP contribution in [-0.4, -0.2) is 28.1 Å². The summed E-state index contributed by atoms with van der Waals surface area (Å²) in [6.45, 7) is 3.00. The van der Waals surface area contributed by atoms with Crippen LogP contribution in [0.25, 0.3) is 0 Å². The predicted octanol–water partition coefficient (Wildman–Crippen LogP) is 2.48. The van der Waals surface area contributed by atoms with E-state index in [0.717, 1.165) is 6.07 Å². The first kappa shape index (κ1) is 16.7. The molecule has 114 valence electrons. The number of rotatable bonds is 5. The van der Waals surface area contributed by atoms with Crippen LogP contribution in [0.3, 0.4) is 0 Å². The fourth-order valence-corrected chi connectivity index (χ4v) is 1.63. The van der Waals surface area contributed by atoms with Gasteiger partial charge in [-0.05, 0) is 26.0 Å². The molecule has 0 aromatic heterocycles. The number of halogens is 1. The van der Waals surface area contributed by atoms with Gasteiger partial charge in [0, 0.05) is 17.8 Å². The summed E-state index contributed by atoms with van der Waals surface area (Å²) in [6.07, 6.45) is 0. The highest BCUT2D eigenvalue weighted by atomic mass is 35.5. The van der Waals surface area contributed by atoms with E-state index < -0.39 is 28.9 Å². The highest BCUT2D eigenvalue weighted by molar-refractivity contribution is 6.32. The van der Waals surface area contributed by atoms with Crippen molar-refractivity contribution in [2.75, 3.05) is 5.32 Å². The fourth-order valence-electron chi connectivity index (χ4n) is 1.44. The maximum atomic E-state index is 11.7. The molecule has 1 aromatic rings. The average Bonchev–Trinajstić information content (AvgIpc) is 2.39. The smallest absolute Gasteiger partial charge is 0.319 e. The van der Waals surface area contributed by atoms with Gasteiger partial charge in [-0.2, -0.15) is 0 Å². The topological polar surface area (TPSA) is 122 Å². The normalized spacial score (nSPS) is 13.1. The van der Waals surface area contributed by atoms with Gasteiger partial charge in [-0.25, -0.2) is 4.79 Å². The van der Waals surface area contributed by atoms with E-state index >= 15 is 0 Å². The second-order valence-electron chi connectivity index (χ2n) is 4.44. The number of carboxylic acids is 1. The van der Waals surface area contributed by atoms with Crippen LogP contribution >= 0.6 is 11.6 Å². The summed E-state index contributed by atoms with van der Waals surface area (Å²) in [4.78, 5) is 32.5. The molecule has 0 aliphatic rings. The molecule has 8 nitrogen and oxygen atoms in total. The number of amides is 2. The zero-order valence-electron chi connectivity index (χ0n) is 11.3. The maximum absolute atomic E-state index is 11.7. The van der Waals surface area contributed by atoms with Crippen molar-refractivity contribution in [1.29, 1.82) is 0 Å². The number of hydrogen-bond donors (Lipinski definition) is 3. The van der Waals surface area contributed by atoms with E-state index in [9.17, 15) is 19.7 Å². The van der Waals surface area contributed by atoms with Crippen LogP contribution in [0, 0.1) is 16.0 Å². The van der Waals surface area contributed by atoms with Crippen LogP contribution in [0.5, 0.6) is 0 Å². The van der Waals surface area contributed by atoms with E-state index in [-0.39, 0.29) is 16.4 Å². The van der Waals surface area contributed by atoms with Crippen LogP contribution in [0.2, 0.25) is 5.02 Å². The van der Waals surface area contributed by atoms with Crippen LogP contribution in [0.4, 0.5) is 16.2 Å². The second kappa shape index (κ2) is 6.89. The molecular formula is C12H14ClN3O5. The molecule has 0 aliphatic heterocycles. The lowest BCUT2D eigenvalue weighted by molar-refractivity contribution is -0.384. The number of carbonyl (C=O) groups is 2. The van der Waals surface area contributed by atoms with Crippen molar-refractivity contribution < 1.29 is 19.6 Å². The molecular weight excluding hydrogens is 302 g/mol. The van der Waals surface area contributed by atoms with Crippen molar-refractivity contribution in [2.45, 2.75) is 19.9 Å². The molecule has 21 heavy (non-hydrogen) atoms. The van der Waals surface area contributed by atoms with Gasteiger partial charge in [0.2, 0.25) is 0 Å². The molecule has 0 saturated heterocycles. The van der Waals surface area contributed by atoms with Gasteiger partial charge in [0.05, 0.1) is 10.8 Å². The summed E-state index contributed by atoms with van der Waals surface area (Å²) in [6, 6.07) is 2.54. The summed E-state index contributed by atoms with van der Waals surface area (Å²) in [5.41, 5.74) is -0.153. The zero-order chi connectivity index (χ0) is 16.2. The molecule has 1 rings (SSSR count). The number of carboxylic acid groups (broad SMARTS) is 1. The van der Waals surface area contributed by atoms with E-state index in [0.29, 0.717) is 0 Å². The molecule has 0 saturated carbocycles. The number of anilines is 1. The van der Waals surface area contributed by atoms with E-state index in [1.54, 1.807) is 6.92 Å². The molecule has 0 radical (unpaired) electrons. The van der Waals surface area contributed by atoms with E-state index in [1.165, 1.54) is 19.1 Å². The first-order valence-electron chi connectivity index (χ1n) is 5.96. The third-order valence-corrected chi connectivity index (χ3v) is 3.22. The third kappa shape index (κ3) is 4.60. The highest BCUT2D eigenvalue weighted by Crippen LogP contribution is 2.27. The Labute approximate surface area is 125 Å². The quantitative estimate of drug-likeness (QED) is 0.569. The molecule has 9 heteroatoms. The predicted molar refractivity (Wildman–Crippen MR) is 76.5 cm³/mol. The van der Waals surface area contributed by atoms with E-state index in [1.807, 2.05) is 0 Å². The molecule has 0 aliphatic carbocycles. The Morgan fingerprint density at radius 3 is 2.52 bits per heavy atom. The lowest BCUT2D eigenvalue weighted by Gasteiger charge is -2.18. The molecule has 0 fully saturated rings. The zero-order valence-corrected chi connectivity index (χ0v) is 12.0. The number of nitro benzene ring substituents is 1. The molecule has 2 unspecified atom stereocenters. The summed E-state index contributed by atoms with van der Waals surface area (Å²) in [7, 11) is 0. The number of urea groups is 1. The third-order valence-electron chi connectivity index (χ3n) is 2.90. The largest absolute Gasteiger partial charge is 0.481 e. The first-order chi connectivity index (χ1) is 9.72. The maximum Gasteiger partial charge on any atom is 0.319 e. The first-order valence-corrected chi connectivity index (χ1v) is 6.34. The molecule has 0 spiro atoms. The average molecular weight is 316 g/mol. The summed E-state index contributed by atoms with van der Waals surface area (Å²) < 4.78 is 0. The number of benzene rings is 1. The Balaban J connectivity index is 2.73. The fraction of sp³-hybridized carbons (Fsp3) is 0.333. The van der Waals surface area contributed by atoms with Crippen molar-refractivity contribution in [2.24, 2.45) is 5.92 Å². The van der Waals surface area contributed by atoms with Gasteiger partial charge in [0.1, 0.15) is 5.02 Å². The second-order valence-corrected chi connectivity index (χ2v) is 4.84. The van der Waals surface area contributed by atoms with Gasteiger partial charge in [-0.3, -0.25) is 14.9 Å². The summed E-state index contributed by atoms with van der Waals surface area (Å²) in [5, 5.41) is 24.3.